The van der Waals surface area contributed by atoms with Crippen molar-refractivity contribution in [2.24, 2.45) is 7.05 Å². The number of benzene rings is 2. The van der Waals surface area contributed by atoms with Gasteiger partial charge in [-0.2, -0.15) is 0 Å². The fraction of sp³-hybridized carbons (Fsp3) is 0.286. The summed E-state index contributed by atoms with van der Waals surface area (Å²) in [6, 6.07) is 14.4. The molecule has 4 heteroatoms. The number of amides is 2. The lowest BCUT2D eigenvalue weighted by Gasteiger charge is -2.22. The van der Waals surface area contributed by atoms with Crippen molar-refractivity contribution in [3.63, 3.8) is 0 Å². The number of carbonyl (C=O) groups is 1. The summed E-state index contributed by atoms with van der Waals surface area (Å²) < 4.78 is 2.18. The molecule has 1 aliphatic rings. The molecule has 0 saturated heterocycles. The average Bonchev–Trinajstić information content (AvgIpc) is 2.84. The molecule has 0 bridgehead atoms. The maximum absolute atomic E-state index is 12.7. The highest BCUT2D eigenvalue weighted by molar-refractivity contribution is 5.91. The number of hydrogen-bond donors (Lipinski definition) is 1. The van der Waals surface area contributed by atoms with E-state index in [2.05, 4.69) is 60.4 Å². The van der Waals surface area contributed by atoms with Crippen molar-refractivity contribution in [2.75, 3.05) is 11.9 Å². The van der Waals surface area contributed by atoms with Crippen LogP contribution < -0.4 is 5.32 Å². The molecular weight excluding hydrogens is 310 g/mol. The zero-order valence-electron chi connectivity index (χ0n) is 14.7. The van der Waals surface area contributed by atoms with E-state index in [0.717, 1.165) is 25.1 Å². The van der Waals surface area contributed by atoms with E-state index in [0.29, 0.717) is 6.54 Å². The Hall–Kier alpha value is -2.75. The number of rotatable bonds is 2. The first kappa shape index (κ1) is 15.8. The van der Waals surface area contributed by atoms with E-state index in [-0.39, 0.29) is 6.03 Å². The second-order valence-electron chi connectivity index (χ2n) is 6.73. The maximum Gasteiger partial charge on any atom is 0.322 e. The molecule has 0 saturated carbocycles. The normalized spacial score (nSPS) is 13.8. The predicted octanol–water partition coefficient (Wildman–Crippen LogP) is 4.33. The molecule has 1 aliphatic heterocycles. The molecule has 0 aliphatic carbocycles. The summed E-state index contributed by atoms with van der Waals surface area (Å²) in [5, 5.41) is 4.35. The van der Waals surface area contributed by atoms with Crippen molar-refractivity contribution < 1.29 is 4.79 Å². The van der Waals surface area contributed by atoms with Crippen LogP contribution in [0.4, 0.5) is 10.5 Å². The van der Waals surface area contributed by atoms with Crippen LogP contribution >= 0.6 is 0 Å². The van der Waals surface area contributed by atoms with Gasteiger partial charge in [-0.1, -0.05) is 31.2 Å². The van der Waals surface area contributed by atoms with Crippen molar-refractivity contribution in [3.8, 4) is 0 Å². The van der Waals surface area contributed by atoms with Gasteiger partial charge in [0.05, 0.1) is 0 Å². The number of anilines is 1. The van der Waals surface area contributed by atoms with E-state index in [9.17, 15) is 4.79 Å². The van der Waals surface area contributed by atoms with Crippen molar-refractivity contribution in [1.82, 2.24) is 9.47 Å². The lowest BCUT2D eigenvalue weighted by molar-refractivity contribution is 0.210. The maximum atomic E-state index is 12.7. The number of hydrogen-bond acceptors (Lipinski definition) is 1. The first-order chi connectivity index (χ1) is 12.2. The van der Waals surface area contributed by atoms with Gasteiger partial charge in [0.25, 0.3) is 0 Å². The highest BCUT2D eigenvalue weighted by atomic mass is 16.2. The molecule has 3 aromatic rings. The van der Waals surface area contributed by atoms with Crippen LogP contribution in [-0.4, -0.2) is 22.0 Å². The Morgan fingerprint density at radius 2 is 1.92 bits per heavy atom. The highest BCUT2D eigenvalue weighted by Gasteiger charge is 2.21. The Bertz CT molecular complexity index is 924. The summed E-state index contributed by atoms with van der Waals surface area (Å²) in [4.78, 5) is 14.6. The molecule has 0 radical (unpaired) electrons. The standard InChI is InChI=1S/C21H23N3O/c1-3-15-7-9-18(10-8-15)22-21(25)24-12-11-17-13-23(2)19-6-4-5-16(14-24)20(17)19/h4-10,13H,3,11-12,14H2,1-2H3,(H,22,25). The Morgan fingerprint density at radius 3 is 2.68 bits per heavy atom. The summed E-state index contributed by atoms with van der Waals surface area (Å²) in [7, 11) is 2.08. The first-order valence-corrected chi connectivity index (χ1v) is 8.86. The smallest absolute Gasteiger partial charge is 0.322 e. The number of aryl methyl sites for hydroxylation is 2. The summed E-state index contributed by atoms with van der Waals surface area (Å²) in [5.74, 6) is 0. The monoisotopic (exact) mass is 333 g/mol. The average molecular weight is 333 g/mol. The predicted molar refractivity (Wildman–Crippen MR) is 102 cm³/mol. The van der Waals surface area contributed by atoms with Crippen molar-refractivity contribution in [3.05, 3.63) is 65.4 Å². The molecule has 128 valence electrons. The van der Waals surface area contributed by atoms with E-state index in [1.807, 2.05) is 17.0 Å². The van der Waals surface area contributed by atoms with Gasteiger partial charge >= 0.3 is 6.03 Å². The Labute approximate surface area is 148 Å². The van der Waals surface area contributed by atoms with Gasteiger partial charge in [-0.3, -0.25) is 0 Å². The zero-order valence-corrected chi connectivity index (χ0v) is 14.7. The summed E-state index contributed by atoms with van der Waals surface area (Å²) in [5.41, 5.74) is 5.92. The number of carbonyl (C=O) groups excluding carboxylic acids is 1. The molecular formula is C21H23N3O. The van der Waals surface area contributed by atoms with E-state index >= 15 is 0 Å². The molecule has 4 rings (SSSR count). The minimum atomic E-state index is -0.0317. The van der Waals surface area contributed by atoms with Gasteiger partial charge in [0.15, 0.2) is 0 Å². The van der Waals surface area contributed by atoms with Crippen molar-refractivity contribution >= 4 is 22.6 Å². The van der Waals surface area contributed by atoms with Crippen LogP contribution in [0.3, 0.4) is 0 Å². The van der Waals surface area contributed by atoms with Gasteiger partial charge in [0.1, 0.15) is 0 Å². The molecule has 0 atom stereocenters. The molecule has 4 nitrogen and oxygen atoms in total. The third-order valence-electron chi connectivity index (χ3n) is 5.09. The van der Waals surface area contributed by atoms with Crippen molar-refractivity contribution in [2.45, 2.75) is 26.3 Å². The number of urea groups is 1. The number of aromatic nitrogens is 1. The molecule has 2 amide bonds. The Balaban J connectivity index is 1.56. The molecule has 0 unspecified atom stereocenters. The minimum absolute atomic E-state index is 0.0317. The van der Waals surface area contributed by atoms with Crippen LogP contribution in [0, 0.1) is 0 Å². The Morgan fingerprint density at radius 1 is 1.12 bits per heavy atom. The van der Waals surface area contributed by atoms with Gasteiger partial charge < -0.3 is 14.8 Å². The van der Waals surface area contributed by atoms with E-state index < -0.39 is 0 Å². The lowest BCUT2D eigenvalue weighted by Crippen LogP contribution is -2.35. The minimum Gasteiger partial charge on any atom is -0.350 e. The van der Waals surface area contributed by atoms with Crippen LogP contribution in [0.5, 0.6) is 0 Å². The number of nitrogens with zero attached hydrogens (tertiary/aromatic N) is 2. The summed E-state index contributed by atoms with van der Waals surface area (Å²) >= 11 is 0. The van der Waals surface area contributed by atoms with Crippen LogP contribution in [-0.2, 0) is 26.4 Å². The van der Waals surface area contributed by atoms with Crippen LogP contribution in [0.25, 0.3) is 10.9 Å². The van der Waals surface area contributed by atoms with E-state index in [1.165, 1.54) is 27.6 Å². The number of nitrogens with one attached hydrogen (secondary N) is 1. The topological polar surface area (TPSA) is 37.3 Å². The molecule has 0 fully saturated rings. The van der Waals surface area contributed by atoms with Crippen LogP contribution in [0.1, 0.15) is 23.6 Å². The van der Waals surface area contributed by atoms with Gasteiger partial charge in [-0.25, -0.2) is 4.79 Å². The largest absolute Gasteiger partial charge is 0.350 e. The zero-order chi connectivity index (χ0) is 17.4. The first-order valence-electron chi connectivity index (χ1n) is 8.86. The molecule has 1 N–H and O–H groups in total. The quantitative estimate of drug-likeness (QED) is 0.744. The van der Waals surface area contributed by atoms with E-state index in [1.54, 1.807) is 0 Å². The van der Waals surface area contributed by atoms with Gasteiger partial charge in [0.2, 0.25) is 0 Å². The lowest BCUT2D eigenvalue weighted by atomic mass is 10.1. The molecule has 0 spiro atoms. The Kier molecular flexibility index (Phi) is 3.96. The summed E-state index contributed by atoms with van der Waals surface area (Å²) in [6.07, 6.45) is 4.08. The van der Waals surface area contributed by atoms with Gasteiger partial charge in [-0.15, -0.1) is 0 Å². The molecule has 1 aromatic heterocycles. The van der Waals surface area contributed by atoms with E-state index in [4.69, 9.17) is 0 Å². The molecule has 25 heavy (non-hydrogen) atoms. The second-order valence-corrected chi connectivity index (χ2v) is 6.73. The van der Waals surface area contributed by atoms with Gasteiger partial charge in [0, 0.05) is 42.9 Å². The third kappa shape index (κ3) is 2.88. The highest BCUT2D eigenvalue weighted by Crippen LogP contribution is 2.29. The SMILES string of the molecule is CCc1ccc(NC(=O)N2CCc3cn(C)c4cccc(c34)C2)cc1. The summed E-state index contributed by atoms with van der Waals surface area (Å²) in [6.45, 7) is 3.50. The fourth-order valence-corrected chi connectivity index (χ4v) is 3.68. The van der Waals surface area contributed by atoms with Crippen molar-refractivity contribution in [1.29, 1.82) is 0 Å². The molecule has 2 heterocycles. The fourth-order valence-electron chi connectivity index (χ4n) is 3.68. The molecule has 2 aromatic carbocycles. The second kappa shape index (κ2) is 6.28. The van der Waals surface area contributed by atoms with Crippen LogP contribution in [0.15, 0.2) is 48.7 Å². The van der Waals surface area contributed by atoms with Gasteiger partial charge in [-0.05, 0) is 47.7 Å². The van der Waals surface area contributed by atoms with Crippen LogP contribution in [0.2, 0.25) is 0 Å². The third-order valence-corrected chi connectivity index (χ3v) is 5.09.